The molecule has 0 amide bonds. The summed E-state index contributed by atoms with van der Waals surface area (Å²) in [5.74, 6) is 1.60. The molecular formula is C8H13NOS2. The Labute approximate surface area is 82.7 Å². The number of aldehydes is 1. The highest BCUT2D eigenvalue weighted by Gasteiger charge is 2.30. The van der Waals surface area contributed by atoms with Gasteiger partial charge in [-0.25, -0.2) is 0 Å². The number of thioether (sulfide) groups is 1. The van der Waals surface area contributed by atoms with Crippen LogP contribution in [0.3, 0.4) is 0 Å². The van der Waals surface area contributed by atoms with Crippen molar-refractivity contribution in [3.63, 3.8) is 0 Å². The van der Waals surface area contributed by atoms with Crippen molar-refractivity contribution in [1.29, 1.82) is 0 Å². The molecule has 1 saturated heterocycles. The Balaban J connectivity index is 2.63. The molecule has 1 fully saturated rings. The lowest BCUT2D eigenvalue weighted by Crippen LogP contribution is -2.38. The molecule has 0 spiro atoms. The quantitative estimate of drug-likeness (QED) is 0.512. The molecule has 0 aromatic rings. The Morgan fingerprint density at radius 3 is 3.00 bits per heavy atom. The summed E-state index contributed by atoms with van der Waals surface area (Å²) in [5.41, 5.74) is 0. The van der Waals surface area contributed by atoms with Crippen molar-refractivity contribution in [1.82, 2.24) is 4.90 Å². The van der Waals surface area contributed by atoms with Crippen molar-refractivity contribution >= 4 is 34.6 Å². The highest BCUT2D eigenvalue weighted by molar-refractivity contribution is 8.23. The molecule has 1 heterocycles. The van der Waals surface area contributed by atoms with E-state index in [1.54, 1.807) is 11.8 Å². The third kappa shape index (κ3) is 1.98. The average molecular weight is 203 g/mol. The Morgan fingerprint density at radius 1 is 1.83 bits per heavy atom. The predicted molar refractivity (Wildman–Crippen MR) is 56.5 cm³/mol. The lowest BCUT2D eigenvalue weighted by molar-refractivity contribution is -0.108. The van der Waals surface area contributed by atoms with Gasteiger partial charge in [0, 0.05) is 11.8 Å². The van der Waals surface area contributed by atoms with Crippen LogP contribution in [0.1, 0.15) is 13.8 Å². The van der Waals surface area contributed by atoms with Crippen LogP contribution in [0.2, 0.25) is 0 Å². The van der Waals surface area contributed by atoms with Crippen LogP contribution in [0.4, 0.5) is 0 Å². The molecule has 1 rings (SSSR count). The second-order valence-electron chi connectivity index (χ2n) is 3.21. The smallest absolute Gasteiger partial charge is 0.139 e. The van der Waals surface area contributed by atoms with Crippen LogP contribution in [-0.2, 0) is 4.79 Å². The first-order valence-electron chi connectivity index (χ1n) is 4.04. The summed E-state index contributed by atoms with van der Waals surface area (Å²) >= 11 is 6.81. The maximum Gasteiger partial charge on any atom is 0.139 e. The standard InChI is InChI=1S/C8H13NOS2/c1-6(2)7-5-12-8(11)9(7)3-4-10/h4,6-7H,3,5H2,1-2H3/t7-/m0/s1. The normalized spacial score (nSPS) is 23.8. The summed E-state index contributed by atoms with van der Waals surface area (Å²) in [6.07, 6.45) is 0.924. The molecule has 0 bridgehead atoms. The zero-order valence-electron chi connectivity index (χ0n) is 7.32. The zero-order chi connectivity index (χ0) is 9.14. The number of hydrogen-bond acceptors (Lipinski definition) is 3. The van der Waals surface area contributed by atoms with Crippen molar-refractivity contribution in [3.8, 4) is 0 Å². The summed E-state index contributed by atoms with van der Waals surface area (Å²) in [7, 11) is 0. The molecule has 0 N–H and O–H groups in total. The zero-order valence-corrected chi connectivity index (χ0v) is 8.95. The van der Waals surface area contributed by atoms with E-state index in [1.807, 2.05) is 4.90 Å². The molecule has 1 aliphatic rings. The van der Waals surface area contributed by atoms with Gasteiger partial charge in [-0.3, -0.25) is 0 Å². The Hall–Kier alpha value is -0.0900. The number of hydrogen-bond donors (Lipinski definition) is 0. The van der Waals surface area contributed by atoms with E-state index >= 15 is 0 Å². The first-order valence-corrected chi connectivity index (χ1v) is 5.43. The third-order valence-corrected chi connectivity index (χ3v) is 3.63. The molecular weight excluding hydrogens is 190 g/mol. The van der Waals surface area contributed by atoms with E-state index in [9.17, 15) is 4.79 Å². The minimum Gasteiger partial charge on any atom is -0.346 e. The molecule has 12 heavy (non-hydrogen) atoms. The molecule has 0 unspecified atom stereocenters. The fourth-order valence-corrected chi connectivity index (χ4v) is 2.98. The Morgan fingerprint density at radius 2 is 2.50 bits per heavy atom. The van der Waals surface area contributed by atoms with E-state index in [-0.39, 0.29) is 0 Å². The number of carbonyl (C=O) groups excluding carboxylic acids is 1. The molecule has 0 aromatic carbocycles. The van der Waals surface area contributed by atoms with Crippen molar-refractivity contribution in [3.05, 3.63) is 0 Å². The van der Waals surface area contributed by atoms with Gasteiger partial charge in [-0.15, -0.1) is 0 Å². The fraction of sp³-hybridized carbons (Fsp3) is 0.750. The van der Waals surface area contributed by atoms with Gasteiger partial charge in [0.15, 0.2) is 0 Å². The molecule has 4 heteroatoms. The van der Waals surface area contributed by atoms with E-state index < -0.39 is 0 Å². The monoisotopic (exact) mass is 203 g/mol. The Bertz CT molecular complexity index is 193. The van der Waals surface area contributed by atoms with Crippen molar-refractivity contribution < 1.29 is 4.79 Å². The van der Waals surface area contributed by atoms with Gasteiger partial charge < -0.3 is 9.69 Å². The molecule has 0 saturated carbocycles. The van der Waals surface area contributed by atoms with Gasteiger partial charge in [0.1, 0.15) is 10.6 Å². The van der Waals surface area contributed by atoms with Crippen LogP contribution in [-0.4, -0.2) is 33.8 Å². The molecule has 1 atom stereocenters. The van der Waals surface area contributed by atoms with Crippen LogP contribution in [0, 0.1) is 5.92 Å². The summed E-state index contributed by atoms with van der Waals surface area (Å²) in [6.45, 7) is 4.78. The minimum atomic E-state index is 0.452. The van der Waals surface area contributed by atoms with Gasteiger partial charge in [-0.1, -0.05) is 37.8 Å². The second-order valence-corrected chi connectivity index (χ2v) is 4.86. The van der Waals surface area contributed by atoms with E-state index in [1.165, 1.54) is 0 Å². The number of rotatable bonds is 3. The topological polar surface area (TPSA) is 20.3 Å². The van der Waals surface area contributed by atoms with Gasteiger partial charge in [-0.05, 0) is 5.92 Å². The van der Waals surface area contributed by atoms with Gasteiger partial charge in [0.2, 0.25) is 0 Å². The number of thiocarbonyl (C=S) groups is 1. The summed E-state index contributed by atoms with van der Waals surface area (Å²) in [6, 6.07) is 0.452. The third-order valence-electron chi connectivity index (χ3n) is 2.05. The van der Waals surface area contributed by atoms with Crippen LogP contribution < -0.4 is 0 Å². The minimum absolute atomic E-state index is 0.452. The highest BCUT2D eigenvalue weighted by Crippen LogP contribution is 2.27. The first kappa shape index (κ1) is 9.99. The van der Waals surface area contributed by atoms with E-state index in [2.05, 4.69) is 13.8 Å². The fourth-order valence-electron chi connectivity index (χ4n) is 1.31. The van der Waals surface area contributed by atoms with Crippen LogP contribution >= 0.6 is 24.0 Å². The SMILES string of the molecule is CC(C)[C@@H]1CSC(=S)N1CC=O. The Kier molecular flexibility index (Phi) is 3.53. The lowest BCUT2D eigenvalue weighted by Gasteiger charge is -2.25. The molecule has 0 aromatic heterocycles. The average Bonchev–Trinajstić information content (AvgIpc) is 2.34. The predicted octanol–water partition coefficient (Wildman–Crippen LogP) is 1.54. The van der Waals surface area contributed by atoms with Gasteiger partial charge >= 0.3 is 0 Å². The van der Waals surface area contributed by atoms with Gasteiger partial charge in [0.25, 0.3) is 0 Å². The maximum atomic E-state index is 10.4. The number of carbonyl (C=O) groups is 1. The van der Waals surface area contributed by atoms with E-state index in [4.69, 9.17) is 12.2 Å². The van der Waals surface area contributed by atoms with Crippen molar-refractivity contribution in [2.24, 2.45) is 5.92 Å². The molecule has 0 radical (unpaired) electrons. The molecule has 68 valence electrons. The van der Waals surface area contributed by atoms with Crippen molar-refractivity contribution in [2.75, 3.05) is 12.3 Å². The van der Waals surface area contributed by atoms with Crippen molar-refractivity contribution in [2.45, 2.75) is 19.9 Å². The maximum absolute atomic E-state index is 10.4. The van der Waals surface area contributed by atoms with Gasteiger partial charge in [-0.2, -0.15) is 0 Å². The largest absolute Gasteiger partial charge is 0.346 e. The summed E-state index contributed by atoms with van der Waals surface area (Å²) < 4.78 is 0.876. The lowest BCUT2D eigenvalue weighted by atomic mass is 10.1. The number of nitrogens with zero attached hydrogens (tertiary/aromatic N) is 1. The summed E-state index contributed by atoms with van der Waals surface area (Å²) in [5, 5.41) is 0. The van der Waals surface area contributed by atoms with E-state index in [0.29, 0.717) is 18.5 Å². The summed E-state index contributed by atoms with van der Waals surface area (Å²) in [4.78, 5) is 12.4. The molecule has 0 aliphatic carbocycles. The first-order chi connectivity index (χ1) is 5.66. The molecule has 1 aliphatic heterocycles. The van der Waals surface area contributed by atoms with E-state index in [0.717, 1.165) is 16.4 Å². The second kappa shape index (κ2) is 4.23. The van der Waals surface area contributed by atoms with Crippen LogP contribution in [0.5, 0.6) is 0 Å². The van der Waals surface area contributed by atoms with Crippen LogP contribution in [0.25, 0.3) is 0 Å². The highest BCUT2D eigenvalue weighted by atomic mass is 32.2. The van der Waals surface area contributed by atoms with Gasteiger partial charge in [0.05, 0.1) is 6.54 Å². The van der Waals surface area contributed by atoms with Crippen LogP contribution in [0.15, 0.2) is 0 Å². The molecule has 2 nitrogen and oxygen atoms in total.